The monoisotopic (exact) mass is 262 g/mol. The van der Waals surface area contributed by atoms with Crippen LogP contribution < -0.4 is 0 Å². The second-order valence-electron chi connectivity index (χ2n) is 4.88. The Morgan fingerprint density at radius 2 is 1.35 bits per heavy atom. The Morgan fingerprint density at radius 3 is 2.05 bits per heavy atom. The van der Waals surface area contributed by atoms with Crippen LogP contribution in [0.5, 0.6) is 0 Å². The van der Waals surface area contributed by atoms with Crippen LogP contribution in [0.3, 0.4) is 0 Å². The molecule has 3 aromatic rings. The smallest absolute Gasteiger partial charge is 0.131 e. The lowest BCUT2D eigenvalue weighted by Gasteiger charge is -2.09. The molecule has 0 saturated heterocycles. The number of rotatable bonds is 2. The molecule has 98 valence electrons. The maximum absolute atomic E-state index is 14.4. The summed E-state index contributed by atoms with van der Waals surface area (Å²) in [7, 11) is 0. The minimum atomic E-state index is -0.180. The van der Waals surface area contributed by atoms with Crippen molar-refractivity contribution in [3.8, 4) is 22.3 Å². The summed E-state index contributed by atoms with van der Waals surface area (Å²) in [6.07, 6.45) is 0. The quantitative estimate of drug-likeness (QED) is 0.574. The average Bonchev–Trinajstić information content (AvgIpc) is 2.49. The first-order valence-corrected chi connectivity index (χ1v) is 6.67. The third-order valence-corrected chi connectivity index (χ3v) is 3.51. The van der Waals surface area contributed by atoms with Gasteiger partial charge in [0.05, 0.1) is 0 Å². The van der Waals surface area contributed by atoms with Gasteiger partial charge in [-0.2, -0.15) is 0 Å². The normalized spacial score (nSPS) is 10.5. The molecule has 0 aliphatic heterocycles. The third kappa shape index (κ3) is 2.35. The molecule has 0 spiro atoms. The maximum atomic E-state index is 14.4. The minimum Gasteiger partial charge on any atom is -0.206 e. The fourth-order valence-corrected chi connectivity index (χ4v) is 2.42. The van der Waals surface area contributed by atoms with E-state index in [1.807, 2.05) is 73.7 Å². The Kier molecular flexibility index (Phi) is 3.34. The van der Waals surface area contributed by atoms with Crippen molar-refractivity contribution in [2.24, 2.45) is 0 Å². The van der Waals surface area contributed by atoms with Crippen molar-refractivity contribution in [2.45, 2.75) is 6.92 Å². The highest BCUT2D eigenvalue weighted by Gasteiger charge is 2.08. The summed E-state index contributed by atoms with van der Waals surface area (Å²) >= 11 is 0. The molecule has 0 saturated carbocycles. The molecule has 0 aliphatic carbocycles. The zero-order valence-electron chi connectivity index (χ0n) is 11.3. The lowest BCUT2D eigenvalue weighted by molar-refractivity contribution is 0.631. The van der Waals surface area contributed by atoms with Crippen LogP contribution in [0.1, 0.15) is 5.56 Å². The van der Waals surface area contributed by atoms with E-state index < -0.39 is 0 Å². The third-order valence-electron chi connectivity index (χ3n) is 3.51. The van der Waals surface area contributed by atoms with Gasteiger partial charge in [-0.3, -0.25) is 0 Å². The zero-order chi connectivity index (χ0) is 13.9. The maximum Gasteiger partial charge on any atom is 0.131 e. The highest BCUT2D eigenvalue weighted by Crippen LogP contribution is 2.29. The van der Waals surface area contributed by atoms with E-state index in [0.717, 1.165) is 22.3 Å². The first-order chi connectivity index (χ1) is 9.75. The van der Waals surface area contributed by atoms with Crippen molar-refractivity contribution in [1.82, 2.24) is 0 Å². The van der Waals surface area contributed by atoms with Crippen LogP contribution in [0.4, 0.5) is 4.39 Å². The van der Waals surface area contributed by atoms with E-state index in [1.165, 1.54) is 0 Å². The molecule has 0 unspecified atom stereocenters. The Bertz CT molecular complexity index is 730. The summed E-state index contributed by atoms with van der Waals surface area (Å²) in [4.78, 5) is 0. The van der Waals surface area contributed by atoms with Crippen molar-refractivity contribution in [3.63, 3.8) is 0 Å². The predicted molar refractivity (Wildman–Crippen MR) is 82.0 cm³/mol. The molecule has 0 aromatic heterocycles. The molecule has 0 N–H and O–H groups in total. The first-order valence-electron chi connectivity index (χ1n) is 6.67. The van der Waals surface area contributed by atoms with E-state index in [9.17, 15) is 4.39 Å². The molecule has 3 aromatic carbocycles. The number of hydrogen-bond donors (Lipinski definition) is 0. The second-order valence-corrected chi connectivity index (χ2v) is 4.88. The molecule has 0 nitrogen and oxygen atoms in total. The fraction of sp³-hybridized carbons (Fsp3) is 0.0526. The number of benzene rings is 3. The van der Waals surface area contributed by atoms with E-state index in [0.29, 0.717) is 5.56 Å². The van der Waals surface area contributed by atoms with E-state index in [4.69, 9.17) is 0 Å². The van der Waals surface area contributed by atoms with Gasteiger partial charge >= 0.3 is 0 Å². The van der Waals surface area contributed by atoms with E-state index >= 15 is 0 Å². The fourth-order valence-electron chi connectivity index (χ4n) is 2.42. The van der Waals surface area contributed by atoms with Gasteiger partial charge in [0.1, 0.15) is 5.82 Å². The average molecular weight is 262 g/mol. The molecule has 0 heterocycles. The van der Waals surface area contributed by atoms with Crippen molar-refractivity contribution in [2.75, 3.05) is 0 Å². The lowest BCUT2D eigenvalue weighted by atomic mass is 9.97. The minimum absolute atomic E-state index is 0.180. The molecule has 0 fully saturated rings. The van der Waals surface area contributed by atoms with Crippen LogP contribution in [0.2, 0.25) is 0 Å². The Hall–Kier alpha value is -2.41. The molecular weight excluding hydrogens is 247 g/mol. The summed E-state index contributed by atoms with van der Waals surface area (Å²) in [5.74, 6) is -0.180. The van der Waals surface area contributed by atoms with Crippen molar-refractivity contribution >= 4 is 0 Å². The van der Waals surface area contributed by atoms with Gasteiger partial charge in [-0.25, -0.2) is 4.39 Å². The predicted octanol–water partition coefficient (Wildman–Crippen LogP) is 5.47. The molecule has 0 bridgehead atoms. The summed E-state index contributed by atoms with van der Waals surface area (Å²) in [5, 5.41) is 0. The summed E-state index contributed by atoms with van der Waals surface area (Å²) in [6.45, 7) is 2.00. The Labute approximate surface area is 118 Å². The first kappa shape index (κ1) is 12.6. The standard InChI is InChI=1S/C19H15F/c1-14-7-5-6-10-17(14)18-12-11-16(13-19(18)20)15-8-3-2-4-9-15/h2-13H,1H3. The number of halogens is 1. The number of aryl methyl sites for hydroxylation is 1. The van der Waals surface area contributed by atoms with Crippen LogP contribution >= 0.6 is 0 Å². The van der Waals surface area contributed by atoms with Gasteiger partial charge in [0.15, 0.2) is 0 Å². The highest BCUT2D eigenvalue weighted by atomic mass is 19.1. The summed E-state index contributed by atoms with van der Waals surface area (Å²) in [5.41, 5.74) is 4.62. The van der Waals surface area contributed by atoms with Gasteiger partial charge in [-0.1, -0.05) is 66.7 Å². The zero-order valence-corrected chi connectivity index (χ0v) is 11.3. The van der Waals surface area contributed by atoms with Gasteiger partial charge in [0.2, 0.25) is 0 Å². The van der Waals surface area contributed by atoms with Crippen LogP contribution in [-0.2, 0) is 0 Å². The molecule has 0 aliphatic rings. The molecule has 0 radical (unpaired) electrons. The van der Waals surface area contributed by atoms with Crippen molar-refractivity contribution in [1.29, 1.82) is 0 Å². The second kappa shape index (κ2) is 5.30. The number of hydrogen-bond acceptors (Lipinski definition) is 0. The van der Waals surface area contributed by atoms with Crippen LogP contribution in [-0.4, -0.2) is 0 Å². The molecule has 3 rings (SSSR count). The van der Waals surface area contributed by atoms with E-state index in [1.54, 1.807) is 6.07 Å². The molecular formula is C19H15F. The largest absolute Gasteiger partial charge is 0.206 e. The Morgan fingerprint density at radius 1 is 0.650 bits per heavy atom. The van der Waals surface area contributed by atoms with Gasteiger partial charge < -0.3 is 0 Å². The molecule has 1 heteroatoms. The molecule has 0 atom stereocenters. The topological polar surface area (TPSA) is 0 Å². The van der Waals surface area contributed by atoms with Gasteiger partial charge in [-0.15, -0.1) is 0 Å². The molecule has 0 amide bonds. The van der Waals surface area contributed by atoms with Crippen molar-refractivity contribution < 1.29 is 4.39 Å². The van der Waals surface area contributed by atoms with Crippen LogP contribution in [0, 0.1) is 12.7 Å². The van der Waals surface area contributed by atoms with Gasteiger partial charge in [0, 0.05) is 5.56 Å². The summed E-state index contributed by atoms with van der Waals surface area (Å²) < 4.78 is 14.4. The van der Waals surface area contributed by atoms with Crippen LogP contribution in [0.25, 0.3) is 22.3 Å². The summed E-state index contributed by atoms with van der Waals surface area (Å²) in [6, 6.07) is 23.2. The van der Waals surface area contributed by atoms with Crippen molar-refractivity contribution in [3.05, 3.63) is 84.2 Å². The van der Waals surface area contributed by atoms with Crippen LogP contribution in [0.15, 0.2) is 72.8 Å². The van der Waals surface area contributed by atoms with E-state index in [2.05, 4.69) is 0 Å². The van der Waals surface area contributed by atoms with E-state index in [-0.39, 0.29) is 5.82 Å². The lowest BCUT2D eigenvalue weighted by Crippen LogP contribution is -1.88. The molecule has 20 heavy (non-hydrogen) atoms. The SMILES string of the molecule is Cc1ccccc1-c1ccc(-c2ccccc2)cc1F. The van der Waals surface area contributed by atoms with Gasteiger partial charge in [0.25, 0.3) is 0 Å². The Balaban J connectivity index is 2.07. The van der Waals surface area contributed by atoms with Gasteiger partial charge in [-0.05, 0) is 35.2 Å². The highest BCUT2D eigenvalue weighted by molar-refractivity contribution is 5.72.